The smallest absolute Gasteiger partial charge is 0.149 e. The molecule has 0 heterocycles. The molecule has 0 radical (unpaired) electrons. The van der Waals surface area contributed by atoms with Crippen LogP contribution in [0.5, 0.6) is 0 Å². The Morgan fingerprint density at radius 2 is 2.07 bits per heavy atom. The Morgan fingerprint density at radius 3 is 2.67 bits per heavy atom. The molecule has 0 bridgehead atoms. The predicted octanol–water partition coefficient (Wildman–Crippen LogP) is 0.994. The van der Waals surface area contributed by atoms with Crippen molar-refractivity contribution < 1.29 is 4.79 Å². The second kappa shape index (κ2) is 5.63. The maximum absolute atomic E-state index is 11.3. The molecule has 1 atom stereocenters. The molecule has 1 aromatic rings. The molecule has 0 aromatic heterocycles. The van der Waals surface area contributed by atoms with E-state index in [4.69, 9.17) is 11.5 Å². The minimum atomic E-state index is -0.359. The molecule has 0 spiro atoms. The zero-order valence-corrected chi connectivity index (χ0v) is 9.07. The molecule has 0 amide bonds. The molecular formula is C12H18N2O. The van der Waals surface area contributed by atoms with Crippen molar-refractivity contribution in [1.29, 1.82) is 0 Å². The lowest BCUT2D eigenvalue weighted by atomic mass is 10.0. The van der Waals surface area contributed by atoms with Crippen molar-refractivity contribution in [2.45, 2.75) is 32.4 Å². The van der Waals surface area contributed by atoms with E-state index in [1.54, 1.807) is 6.92 Å². The molecule has 0 saturated heterocycles. The number of ketones is 1. The fourth-order valence-electron chi connectivity index (χ4n) is 1.41. The number of hydrogen-bond donors (Lipinski definition) is 2. The van der Waals surface area contributed by atoms with Crippen LogP contribution >= 0.6 is 0 Å². The van der Waals surface area contributed by atoms with E-state index < -0.39 is 0 Å². The summed E-state index contributed by atoms with van der Waals surface area (Å²) in [6, 6.07) is 7.63. The van der Waals surface area contributed by atoms with Crippen LogP contribution in [0.4, 0.5) is 0 Å². The van der Waals surface area contributed by atoms with Crippen LogP contribution in [0.2, 0.25) is 0 Å². The van der Waals surface area contributed by atoms with E-state index in [-0.39, 0.29) is 11.8 Å². The Bertz CT molecular complexity index is 334. The Balaban J connectivity index is 2.54. The van der Waals surface area contributed by atoms with Gasteiger partial charge in [0.1, 0.15) is 5.78 Å². The lowest BCUT2D eigenvalue weighted by molar-refractivity contribution is -0.119. The average Bonchev–Trinajstić information content (AvgIpc) is 2.26. The van der Waals surface area contributed by atoms with Crippen molar-refractivity contribution >= 4 is 5.78 Å². The summed E-state index contributed by atoms with van der Waals surface area (Å²) in [7, 11) is 0. The third-order valence-corrected chi connectivity index (χ3v) is 2.40. The first kappa shape index (κ1) is 11.9. The number of Topliss-reactive ketones (excluding diaryl/α,β-unsaturated/α-hetero) is 1. The van der Waals surface area contributed by atoms with Gasteiger partial charge in [-0.2, -0.15) is 0 Å². The lowest BCUT2D eigenvalue weighted by Crippen LogP contribution is -2.26. The SMILES string of the molecule is CC(N)C(=O)CCc1cccc(CN)c1. The number of benzene rings is 1. The van der Waals surface area contributed by atoms with E-state index in [0.717, 1.165) is 17.5 Å². The maximum atomic E-state index is 11.3. The molecule has 0 aliphatic heterocycles. The predicted molar refractivity (Wildman–Crippen MR) is 61.3 cm³/mol. The molecule has 4 N–H and O–H groups in total. The third-order valence-electron chi connectivity index (χ3n) is 2.40. The number of nitrogens with two attached hydrogens (primary N) is 2. The fourth-order valence-corrected chi connectivity index (χ4v) is 1.41. The number of hydrogen-bond acceptors (Lipinski definition) is 3. The van der Waals surface area contributed by atoms with Gasteiger partial charge in [0, 0.05) is 13.0 Å². The van der Waals surface area contributed by atoms with Gasteiger partial charge >= 0.3 is 0 Å². The van der Waals surface area contributed by atoms with Crippen LogP contribution in [0.15, 0.2) is 24.3 Å². The first-order chi connectivity index (χ1) is 7.13. The van der Waals surface area contributed by atoms with Crippen molar-refractivity contribution in [2.24, 2.45) is 11.5 Å². The molecule has 0 aliphatic carbocycles. The van der Waals surface area contributed by atoms with E-state index in [0.29, 0.717) is 13.0 Å². The lowest BCUT2D eigenvalue weighted by Gasteiger charge is -2.05. The van der Waals surface area contributed by atoms with Crippen molar-refractivity contribution in [2.75, 3.05) is 0 Å². The van der Waals surface area contributed by atoms with Gasteiger partial charge in [-0.05, 0) is 24.5 Å². The molecule has 15 heavy (non-hydrogen) atoms. The highest BCUT2D eigenvalue weighted by atomic mass is 16.1. The van der Waals surface area contributed by atoms with Gasteiger partial charge in [-0.3, -0.25) is 4.79 Å². The minimum absolute atomic E-state index is 0.105. The van der Waals surface area contributed by atoms with Crippen LogP contribution in [0.1, 0.15) is 24.5 Å². The standard InChI is InChI=1S/C12H18N2O/c1-9(14)12(15)6-5-10-3-2-4-11(7-10)8-13/h2-4,7,9H,5-6,8,13-14H2,1H3. The Labute approximate surface area is 90.5 Å². The largest absolute Gasteiger partial charge is 0.326 e. The average molecular weight is 206 g/mol. The molecule has 3 heteroatoms. The van der Waals surface area contributed by atoms with Crippen molar-refractivity contribution in [3.05, 3.63) is 35.4 Å². The van der Waals surface area contributed by atoms with Gasteiger partial charge in [0.25, 0.3) is 0 Å². The number of rotatable bonds is 5. The summed E-state index contributed by atoms with van der Waals surface area (Å²) < 4.78 is 0. The van der Waals surface area contributed by atoms with Gasteiger partial charge in [-0.1, -0.05) is 24.3 Å². The highest BCUT2D eigenvalue weighted by Crippen LogP contribution is 2.07. The van der Waals surface area contributed by atoms with Crippen molar-refractivity contribution in [1.82, 2.24) is 0 Å². The maximum Gasteiger partial charge on any atom is 0.149 e. The van der Waals surface area contributed by atoms with Gasteiger partial charge in [-0.25, -0.2) is 0 Å². The molecule has 0 aliphatic rings. The second-order valence-corrected chi connectivity index (χ2v) is 3.78. The van der Waals surface area contributed by atoms with Crippen LogP contribution < -0.4 is 11.5 Å². The Morgan fingerprint density at radius 1 is 1.40 bits per heavy atom. The van der Waals surface area contributed by atoms with Gasteiger partial charge in [0.05, 0.1) is 6.04 Å². The molecule has 1 aromatic carbocycles. The Kier molecular flexibility index (Phi) is 4.46. The third kappa shape index (κ3) is 3.81. The zero-order valence-electron chi connectivity index (χ0n) is 9.07. The van der Waals surface area contributed by atoms with Crippen LogP contribution in [0.3, 0.4) is 0 Å². The summed E-state index contributed by atoms with van der Waals surface area (Å²) in [5, 5.41) is 0. The number of carbonyl (C=O) groups excluding carboxylic acids is 1. The van der Waals surface area contributed by atoms with E-state index >= 15 is 0 Å². The van der Waals surface area contributed by atoms with Crippen molar-refractivity contribution in [3.8, 4) is 0 Å². The zero-order chi connectivity index (χ0) is 11.3. The highest BCUT2D eigenvalue weighted by molar-refractivity contribution is 5.83. The molecule has 0 fully saturated rings. The van der Waals surface area contributed by atoms with Gasteiger partial charge in [0.2, 0.25) is 0 Å². The quantitative estimate of drug-likeness (QED) is 0.755. The first-order valence-electron chi connectivity index (χ1n) is 5.19. The first-order valence-corrected chi connectivity index (χ1v) is 5.19. The summed E-state index contributed by atoms with van der Waals surface area (Å²) in [5.74, 6) is 0.105. The molecule has 1 rings (SSSR count). The number of aryl methyl sites for hydroxylation is 1. The summed E-state index contributed by atoms with van der Waals surface area (Å²) in [5.41, 5.74) is 13.3. The summed E-state index contributed by atoms with van der Waals surface area (Å²) >= 11 is 0. The van der Waals surface area contributed by atoms with Crippen LogP contribution in [0.25, 0.3) is 0 Å². The van der Waals surface area contributed by atoms with Gasteiger partial charge in [0.15, 0.2) is 0 Å². The van der Waals surface area contributed by atoms with E-state index in [2.05, 4.69) is 0 Å². The van der Waals surface area contributed by atoms with Gasteiger partial charge < -0.3 is 11.5 Å². The molecule has 3 nitrogen and oxygen atoms in total. The van der Waals surface area contributed by atoms with Crippen LogP contribution in [-0.4, -0.2) is 11.8 Å². The van der Waals surface area contributed by atoms with E-state index in [9.17, 15) is 4.79 Å². The summed E-state index contributed by atoms with van der Waals surface area (Å²) in [6.07, 6.45) is 1.25. The second-order valence-electron chi connectivity index (χ2n) is 3.78. The van der Waals surface area contributed by atoms with E-state index in [1.807, 2.05) is 24.3 Å². The number of carbonyl (C=O) groups is 1. The summed E-state index contributed by atoms with van der Waals surface area (Å²) in [6.45, 7) is 2.26. The Hall–Kier alpha value is -1.19. The molecule has 1 unspecified atom stereocenters. The normalized spacial score (nSPS) is 12.5. The molecule has 82 valence electrons. The monoisotopic (exact) mass is 206 g/mol. The van der Waals surface area contributed by atoms with Crippen molar-refractivity contribution in [3.63, 3.8) is 0 Å². The molecule has 0 saturated carbocycles. The molecular weight excluding hydrogens is 188 g/mol. The highest BCUT2D eigenvalue weighted by Gasteiger charge is 2.07. The van der Waals surface area contributed by atoms with Crippen LogP contribution in [0, 0.1) is 0 Å². The fraction of sp³-hybridized carbons (Fsp3) is 0.417. The van der Waals surface area contributed by atoms with E-state index in [1.165, 1.54) is 0 Å². The van der Waals surface area contributed by atoms with Crippen LogP contribution in [-0.2, 0) is 17.8 Å². The summed E-state index contributed by atoms with van der Waals surface area (Å²) in [4.78, 5) is 11.3. The minimum Gasteiger partial charge on any atom is -0.326 e. The topological polar surface area (TPSA) is 69.1 Å². The van der Waals surface area contributed by atoms with Gasteiger partial charge in [-0.15, -0.1) is 0 Å².